The Kier molecular flexibility index (Phi) is 2.00. The van der Waals surface area contributed by atoms with E-state index in [4.69, 9.17) is 4.74 Å². The second-order valence-electron chi connectivity index (χ2n) is 3.02. The van der Waals surface area contributed by atoms with Crippen molar-refractivity contribution in [3.05, 3.63) is 35.1 Å². The van der Waals surface area contributed by atoms with Crippen molar-refractivity contribution in [3.8, 4) is 0 Å². The summed E-state index contributed by atoms with van der Waals surface area (Å²) >= 11 is 0. The van der Waals surface area contributed by atoms with E-state index in [1.165, 1.54) is 0 Å². The van der Waals surface area contributed by atoms with Crippen molar-refractivity contribution in [1.29, 1.82) is 0 Å². The van der Waals surface area contributed by atoms with Crippen molar-refractivity contribution < 1.29 is 17.9 Å². The van der Waals surface area contributed by atoms with Gasteiger partial charge in [-0.15, -0.1) is 0 Å². The third-order valence-corrected chi connectivity index (χ3v) is 1.94. The van der Waals surface area contributed by atoms with Crippen LogP contribution in [-0.4, -0.2) is 12.7 Å². The summed E-state index contributed by atoms with van der Waals surface area (Å²) in [6.07, 6.45) is 0.280. The minimum absolute atomic E-state index is 0.0284. The molecule has 0 amide bonds. The van der Waals surface area contributed by atoms with Crippen LogP contribution < -0.4 is 0 Å². The quantitative estimate of drug-likeness (QED) is 0.511. The minimum atomic E-state index is -1.15. The van der Waals surface area contributed by atoms with Crippen LogP contribution in [0.1, 0.15) is 5.56 Å². The Labute approximate surface area is 73.1 Å². The molecular weight excluding hydrogens is 181 g/mol. The second-order valence-corrected chi connectivity index (χ2v) is 3.02. The molecule has 1 atom stereocenters. The van der Waals surface area contributed by atoms with Crippen LogP contribution in [0.3, 0.4) is 0 Å². The number of benzene rings is 1. The summed E-state index contributed by atoms with van der Waals surface area (Å²) in [5, 5.41) is 0. The third-order valence-electron chi connectivity index (χ3n) is 1.94. The van der Waals surface area contributed by atoms with Crippen LogP contribution in [0.25, 0.3) is 0 Å². The maximum atomic E-state index is 13.0. The van der Waals surface area contributed by atoms with Gasteiger partial charge in [0, 0.05) is 12.5 Å². The van der Waals surface area contributed by atoms with Gasteiger partial charge in [-0.2, -0.15) is 0 Å². The van der Waals surface area contributed by atoms with Gasteiger partial charge in [0.15, 0.2) is 11.6 Å². The molecule has 1 nitrogen and oxygen atoms in total. The molecular formula is C9H7F3O. The number of halogens is 3. The highest BCUT2D eigenvalue weighted by molar-refractivity contribution is 5.21. The highest BCUT2D eigenvalue weighted by Crippen LogP contribution is 2.20. The van der Waals surface area contributed by atoms with Gasteiger partial charge in [0.05, 0.1) is 12.7 Å². The summed E-state index contributed by atoms with van der Waals surface area (Å²) in [6, 6.07) is 1.44. The minimum Gasteiger partial charge on any atom is -0.373 e. The first-order valence-corrected chi connectivity index (χ1v) is 3.92. The van der Waals surface area contributed by atoms with Gasteiger partial charge in [0.2, 0.25) is 0 Å². The molecule has 0 unspecified atom stereocenters. The molecule has 1 aliphatic heterocycles. The van der Waals surface area contributed by atoms with Gasteiger partial charge in [-0.05, 0) is 11.6 Å². The zero-order chi connectivity index (χ0) is 9.42. The average Bonchev–Trinajstić information content (AvgIpc) is 2.84. The molecule has 0 aromatic heterocycles. The number of hydrogen-bond donors (Lipinski definition) is 0. The smallest absolute Gasteiger partial charge is 0.161 e. The van der Waals surface area contributed by atoms with Crippen LogP contribution >= 0.6 is 0 Å². The van der Waals surface area contributed by atoms with Crippen molar-refractivity contribution in [3.63, 3.8) is 0 Å². The number of ether oxygens (including phenoxy) is 1. The van der Waals surface area contributed by atoms with Gasteiger partial charge >= 0.3 is 0 Å². The first kappa shape index (κ1) is 8.56. The van der Waals surface area contributed by atoms with E-state index in [1.54, 1.807) is 0 Å². The lowest BCUT2D eigenvalue weighted by molar-refractivity contribution is 0.403. The summed E-state index contributed by atoms with van der Waals surface area (Å²) in [5.41, 5.74) is 0.168. The molecule has 0 aliphatic carbocycles. The van der Waals surface area contributed by atoms with Gasteiger partial charge in [-0.3, -0.25) is 0 Å². The predicted octanol–water partition coefficient (Wildman–Crippen LogP) is 2.05. The molecule has 0 N–H and O–H groups in total. The molecule has 1 aliphatic rings. The predicted molar refractivity (Wildman–Crippen MR) is 39.8 cm³/mol. The Morgan fingerprint density at radius 3 is 2.38 bits per heavy atom. The first-order chi connectivity index (χ1) is 6.16. The van der Waals surface area contributed by atoms with E-state index in [2.05, 4.69) is 0 Å². The van der Waals surface area contributed by atoms with E-state index >= 15 is 0 Å². The zero-order valence-electron chi connectivity index (χ0n) is 6.69. The van der Waals surface area contributed by atoms with Crippen molar-refractivity contribution in [2.24, 2.45) is 0 Å². The Morgan fingerprint density at radius 1 is 1.15 bits per heavy atom. The van der Waals surface area contributed by atoms with E-state index in [9.17, 15) is 13.2 Å². The molecule has 1 saturated heterocycles. The standard InChI is InChI=1S/C9H7F3O/c10-7-3-9(12)8(11)2-5(7)1-6-4-13-6/h2-3,6H,1,4H2/t6-/m1/s1. The van der Waals surface area contributed by atoms with Crippen molar-refractivity contribution in [2.75, 3.05) is 6.61 Å². The van der Waals surface area contributed by atoms with Crippen LogP contribution in [-0.2, 0) is 11.2 Å². The summed E-state index contributed by atoms with van der Waals surface area (Å²) < 4.78 is 42.9. The van der Waals surface area contributed by atoms with Crippen LogP contribution in [0.5, 0.6) is 0 Å². The van der Waals surface area contributed by atoms with Crippen LogP contribution in [0.15, 0.2) is 12.1 Å². The van der Waals surface area contributed by atoms with Crippen LogP contribution in [0.2, 0.25) is 0 Å². The summed E-state index contributed by atoms with van der Waals surface area (Å²) in [5.74, 6) is -2.88. The molecule has 4 heteroatoms. The number of hydrogen-bond acceptors (Lipinski definition) is 1. The van der Waals surface area contributed by atoms with Gasteiger partial charge in [0.1, 0.15) is 5.82 Å². The molecule has 0 spiro atoms. The maximum Gasteiger partial charge on any atom is 0.161 e. The third kappa shape index (κ3) is 1.83. The van der Waals surface area contributed by atoms with E-state index in [-0.39, 0.29) is 11.7 Å². The Hall–Kier alpha value is -1.03. The fourth-order valence-electron chi connectivity index (χ4n) is 1.15. The van der Waals surface area contributed by atoms with E-state index in [0.717, 1.165) is 6.07 Å². The Bertz CT molecular complexity index is 334. The molecule has 0 bridgehead atoms. The molecule has 1 aromatic carbocycles. The number of epoxide rings is 1. The van der Waals surface area contributed by atoms with Crippen LogP contribution in [0.4, 0.5) is 13.2 Å². The molecule has 1 fully saturated rings. The van der Waals surface area contributed by atoms with Crippen molar-refractivity contribution in [1.82, 2.24) is 0 Å². The highest BCUT2D eigenvalue weighted by atomic mass is 19.2. The Balaban J connectivity index is 2.27. The fourth-order valence-corrected chi connectivity index (χ4v) is 1.15. The zero-order valence-corrected chi connectivity index (χ0v) is 6.69. The fraction of sp³-hybridized carbons (Fsp3) is 0.333. The lowest BCUT2D eigenvalue weighted by Crippen LogP contribution is -1.99. The maximum absolute atomic E-state index is 13.0. The van der Waals surface area contributed by atoms with Gasteiger partial charge in [-0.1, -0.05) is 0 Å². The summed E-state index contributed by atoms with van der Waals surface area (Å²) in [7, 11) is 0. The van der Waals surface area contributed by atoms with E-state index in [0.29, 0.717) is 19.1 Å². The second kappa shape index (κ2) is 3.03. The molecule has 0 radical (unpaired) electrons. The lowest BCUT2D eigenvalue weighted by atomic mass is 10.1. The van der Waals surface area contributed by atoms with Crippen LogP contribution in [0, 0.1) is 17.5 Å². The van der Waals surface area contributed by atoms with Crippen molar-refractivity contribution in [2.45, 2.75) is 12.5 Å². The summed E-state index contributed by atoms with van der Waals surface area (Å²) in [4.78, 5) is 0. The lowest BCUT2D eigenvalue weighted by Gasteiger charge is -2.01. The molecule has 2 rings (SSSR count). The van der Waals surface area contributed by atoms with Gasteiger partial charge < -0.3 is 4.74 Å². The molecule has 13 heavy (non-hydrogen) atoms. The summed E-state index contributed by atoms with van der Waals surface area (Å²) in [6.45, 7) is 0.568. The normalized spacial score (nSPS) is 20.4. The Morgan fingerprint density at radius 2 is 1.77 bits per heavy atom. The molecule has 0 saturated carbocycles. The first-order valence-electron chi connectivity index (χ1n) is 3.92. The average molecular weight is 188 g/mol. The monoisotopic (exact) mass is 188 g/mol. The SMILES string of the molecule is Fc1cc(F)c(C[C@@H]2CO2)cc1F. The molecule has 1 heterocycles. The molecule has 1 aromatic rings. The largest absolute Gasteiger partial charge is 0.373 e. The topological polar surface area (TPSA) is 12.5 Å². The van der Waals surface area contributed by atoms with Crippen molar-refractivity contribution >= 4 is 0 Å². The number of rotatable bonds is 2. The van der Waals surface area contributed by atoms with E-state index in [1.807, 2.05) is 0 Å². The highest BCUT2D eigenvalue weighted by Gasteiger charge is 2.24. The molecule has 70 valence electrons. The van der Waals surface area contributed by atoms with Gasteiger partial charge in [-0.25, -0.2) is 13.2 Å². The van der Waals surface area contributed by atoms with E-state index < -0.39 is 17.5 Å². The van der Waals surface area contributed by atoms with Gasteiger partial charge in [0.25, 0.3) is 0 Å².